The smallest absolute Gasteiger partial charge is 0.305 e. The Labute approximate surface area is 103 Å². The summed E-state index contributed by atoms with van der Waals surface area (Å²) in [7, 11) is 3.08. The highest BCUT2D eigenvalue weighted by molar-refractivity contribution is 5.79. The first kappa shape index (κ1) is 12.2. The van der Waals surface area contributed by atoms with Crippen molar-refractivity contribution in [2.75, 3.05) is 14.2 Å². The molecule has 18 heavy (non-hydrogen) atoms. The number of methoxy groups -OCH3 is 2. The first-order chi connectivity index (χ1) is 8.65. The second-order valence-corrected chi connectivity index (χ2v) is 3.65. The lowest BCUT2D eigenvalue weighted by atomic mass is 10.2. The standard InChI is InChI=1S/C11H13N3O4/c1-17-9-5-7-8(6-10(9)18-2)14(13-12-7)4-3-11(15)16/h5-6H,3-4H2,1-2H3,(H,15,16). The molecule has 1 heterocycles. The van der Waals surface area contributed by atoms with Gasteiger partial charge in [0, 0.05) is 12.1 Å². The Morgan fingerprint density at radius 2 is 2.00 bits per heavy atom. The fourth-order valence-electron chi connectivity index (χ4n) is 1.66. The summed E-state index contributed by atoms with van der Waals surface area (Å²) in [4.78, 5) is 10.5. The van der Waals surface area contributed by atoms with Crippen LogP contribution in [0.15, 0.2) is 12.1 Å². The Balaban J connectivity index is 2.42. The number of nitrogens with zero attached hydrogens (tertiary/aromatic N) is 3. The van der Waals surface area contributed by atoms with Crippen molar-refractivity contribution < 1.29 is 19.4 Å². The molecule has 0 aliphatic carbocycles. The van der Waals surface area contributed by atoms with Crippen LogP contribution in [0.25, 0.3) is 11.0 Å². The van der Waals surface area contributed by atoms with Crippen molar-refractivity contribution in [3.8, 4) is 11.5 Å². The largest absolute Gasteiger partial charge is 0.493 e. The molecule has 1 aromatic carbocycles. The van der Waals surface area contributed by atoms with Crippen molar-refractivity contribution >= 4 is 17.0 Å². The highest BCUT2D eigenvalue weighted by Crippen LogP contribution is 2.31. The Kier molecular flexibility index (Phi) is 3.31. The minimum Gasteiger partial charge on any atom is -0.493 e. The van der Waals surface area contributed by atoms with Crippen LogP contribution in [0.2, 0.25) is 0 Å². The van der Waals surface area contributed by atoms with Crippen LogP contribution in [0.1, 0.15) is 6.42 Å². The summed E-state index contributed by atoms with van der Waals surface area (Å²) >= 11 is 0. The van der Waals surface area contributed by atoms with Gasteiger partial charge in [-0.05, 0) is 0 Å². The minimum atomic E-state index is -0.876. The van der Waals surface area contributed by atoms with E-state index in [1.54, 1.807) is 19.2 Å². The van der Waals surface area contributed by atoms with Gasteiger partial charge in [-0.2, -0.15) is 0 Å². The van der Waals surface area contributed by atoms with Crippen LogP contribution in [0.4, 0.5) is 0 Å². The molecule has 0 unspecified atom stereocenters. The maximum Gasteiger partial charge on any atom is 0.305 e. The molecule has 0 aliphatic heterocycles. The predicted octanol–water partition coefficient (Wildman–Crippen LogP) is 0.923. The number of aryl methyl sites for hydroxylation is 1. The van der Waals surface area contributed by atoms with Crippen LogP contribution >= 0.6 is 0 Å². The molecule has 0 amide bonds. The summed E-state index contributed by atoms with van der Waals surface area (Å²) in [6.45, 7) is 0.265. The van der Waals surface area contributed by atoms with Gasteiger partial charge in [-0.15, -0.1) is 5.10 Å². The zero-order valence-electron chi connectivity index (χ0n) is 10.1. The lowest BCUT2D eigenvalue weighted by Crippen LogP contribution is -2.06. The molecule has 0 fully saturated rings. The number of hydrogen-bond donors (Lipinski definition) is 1. The fourth-order valence-corrected chi connectivity index (χ4v) is 1.66. The van der Waals surface area contributed by atoms with E-state index in [-0.39, 0.29) is 13.0 Å². The van der Waals surface area contributed by atoms with Crippen molar-refractivity contribution in [2.45, 2.75) is 13.0 Å². The second-order valence-electron chi connectivity index (χ2n) is 3.65. The molecular weight excluding hydrogens is 238 g/mol. The monoisotopic (exact) mass is 251 g/mol. The topological polar surface area (TPSA) is 86.5 Å². The molecule has 7 heteroatoms. The predicted molar refractivity (Wildman–Crippen MR) is 62.9 cm³/mol. The molecule has 0 atom stereocenters. The summed E-state index contributed by atoms with van der Waals surface area (Å²) < 4.78 is 11.9. The maximum atomic E-state index is 10.5. The number of aliphatic carboxylic acids is 1. The van der Waals surface area contributed by atoms with Gasteiger partial charge in [-0.3, -0.25) is 4.79 Å². The number of carboxylic acids is 1. The van der Waals surface area contributed by atoms with Gasteiger partial charge in [0.1, 0.15) is 5.52 Å². The number of aromatic nitrogens is 3. The van der Waals surface area contributed by atoms with Crippen molar-refractivity contribution in [3.63, 3.8) is 0 Å². The van der Waals surface area contributed by atoms with E-state index in [1.807, 2.05) is 0 Å². The van der Waals surface area contributed by atoms with Crippen molar-refractivity contribution in [2.24, 2.45) is 0 Å². The molecule has 0 saturated heterocycles. The highest BCUT2D eigenvalue weighted by Gasteiger charge is 2.12. The van der Waals surface area contributed by atoms with E-state index in [2.05, 4.69) is 10.3 Å². The molecular formula is C11H13N3O4. The lowest BCUT2D eigenvalue weighted by molar-refractivity contribution is -0.137. The van der Waals surface area contributed by atoms with Gasteiger partial charge in [0.15, 0.2) is 11.5 Å². The Bertz CT molecular complexity index is 579. The number of ether oxygens (including phenoxy) is 2. The Hall–Kier alpha value is -2.31. The quantitative estimate of drug-likeness (QED) is 0.850. The fraction of sp³-hybridized carbons (Fsp3) is 0.364. The van der Waals surface area contributed by atoms with Crippen molar-refractivity contribution in [3.05, 3.63) is 12.1 Å². The average molecular weight is 251 g/mol. The normalized spacial score (nSPS) is 10.6. The van der Waals surface area contributed by atoms with E-state index >= 15 is 0 Å². The first-order valence-corrected chi connectivity index (χ1v) is 5.32. The number of hydrogen-bond acceptors (Lipinski definition) is 5. The number of rotatable bonds is 5. The molecule has 0 saturated carbocycles. The van der Waals surface area contributed by atoms with Gasteiger partial charge in [-0.1, -0.05) is 5.21 Å². The van der Waals surface area contributed by atoms with E-state index in [0.29, 0.717) is 22.5 Å². The molecule has 0 spiro atoms. The van der Waals surface area contributed by atoms with Crippen LogP contribution in [-0.4, -0.2) is 40.3 Å². The minimum absolute atomic E-state index is 0.00714. The van der Waals surface area contributed by atoms with E-state index < -0.39 is 5.97 Å². The van der Waals surface area contributed by atoms with Crippen LogP contribution < -0.4 is 9.47 Å². The summed E-state index contributed by atoms with van der Waals surface area (Å²) in [6, 6.07) is 3.44. The summed E-state index contributed by atoms with van der Waals surface area (Å²) in [5.74, 6) is 0.248. The molecule has 7 nitrogen and oxygen atoms in total. The van der Waals surface area contributed by atoms with Gasteiger partial charge in [0.2, 0.25) is 0 Å². The lowest BCUT2D eigenvalue weighted by Gasteiger charge is -2.07. The molecule has 1 N–H and O–H groups in total. The molecule has 2 rings (SSSR count). The zero-order chi connectivity index (χ0) is 13.1. The zero-order valence-corrected chi connectivity index (χ0v) is 10.1. The Morgan fingerprint density at radius 3 is 2.61 bits per heavy atom. The second kappa shape index (κ2) is 4.91. The molecule has 0 radical (unpaired) electrons. The highest BCUT2D eigenvalue weighted by atomic mass is 16.5. The van der Waals surface area contributed by atoms with Crippen molar-refractivity contribution in [1.29, 1.82) is 0 Å². The van der Waals surface area contributed by atoms with Gasteiger partial charge < -0.3 is 14.6 Å². The van der Waals surface area contributed by atoms with Crippen LogP contribution in [-0.2, 0) is 11.3 Å². The summed E-state index contributed by atoms with van der Waals surface area (Å²) in [5.41, 5.74) is 1.35. The number of carboxylic acid groups (broad SMARTS) is 1. The van der Waals surface area contributed by atoms with Gasteiger partial charge in [-0.25, -0.2) is 4.68 Å². The van der Waals surface area contributed by atoms with Gasteiger partial charge >= 0.3 is 5.97 Å². The van der Waals surface area contributed by atoms with Crippen molar-refractivity contribution in [1.82, 2.24) is 15.0 Å². The van der Waals surface area contributed by atoms with Gasteiger partial charge in [0.25, 0.3) is 0 Å². The molecule has 0 bridgehead atoms. The molecule has 0 aliphatic rings. The van der Waals surface area contributed by atoms with Crippen LogP contribution in [0.5, 0.6) is 11.5 Å². The summed E-state index contributed by atoms with van der Waals surface area (Å²) in [5, 5.41) is 16.5. The third-order valence-corrected chi connectivity index (χ3v) is 2.56. The average Bonchev–Trinajstić information content (AvgIpc) is 2.76. The third kappa shape index (κ3) is 2.20. The molecule has 1 aromatic heterocycles. The SMILES string of the molecule is COc1cc2nnn(CCC(=O)O)c2cc1OC. The van der Waals surface area contributed by atoms with E-state index in [4.69, 9.17) is 14.6 Å². The summed E-state index contributed by atoms with van der Waals surface area (Å²) in [6.07, 6.45) is -0.00714. The van der Waals surface area contributed by atoms with E-state index in [0.717, 1.165) is 0 Å². The first-order valence-electron chi connectivity index (χ1n) is 5.32. The number of carbonyl (C=O) groups is 1. The number of benzene rings is 1. The van der Waals surface area contributed by atoms with E-state index in [1.165, 1.54) is 11.8 Å². The molecule has 96 valence electrons. The maximum absolute atomic E-state index is 10.5. The van der Waals surface area contributed by atoms with E-state index in [9.17, 15) is 4.79 Å². The van der Waals surface area contributed by atoms with Crippen LogP contribution in [0.3, 0.4) is 0 Å². The molecule has 2 aromatic rings. The third-order valence-electron chi connectivity index (χ3n) is 2.56. The number of fused-ring (bicyclic) bond motifs is 1. The van der Waals surface area contributed by atoms with Gasteiger partial charge in [0.05, 0.1) is 32.7 Å². The van der Waals surface area contributed by atoms with Crippen LogP contribution in [0, 0.1) is 0 Å². The Morgan fingerprint density at radius 1 is 1.33 bits per heavy atom.